The summed E-state index contributed by atoms with van der Waals surface area (Å²) in [5, 5.41) is 7.05. The van der Waals surface area contributed by atoms with Crippen LogP contribution in [0.1, 0.15) is 15.9 Å². The Morgan fingerprint density at radius 3 is 2.39 bits per heavy atom. The van der Waals surface area contributed by atoms with Gasteiger partial charge in [0.25, 0.3) is 0 Å². The number of ether oxygens (including phenoxy) is 1. The van der Waals surface area contributed by atoms with Crippen LogP contribution in [-0.2, 0) is 11.3 Å². The van der Waals surface area contributed by atoms with E-state index in [2.05, 4.69) is 20.6 Å². The number of aromatic nitrogens is 1. The highest BCUT2D eigenvalue weighted by atomic mass is 32.2. The van der Waals surface area contributed by atoms with Gasteiger partial charge in [-0.05, 0) is 47.2 Å². The highest BCUT2D eigenvalue weighted by Crippen LogP contribution is 2.33. The van der Waals surface area contributed by atoms with Crippen molar-refractivity contribution in [3.8, 4) is 11.1 Å². The number of benzene rings is 3. The van der Waals surface area contributed by atoms with Gasteiger partial charge in [0.2, 0.25) is 0 Å². The zero-order valence-electron chi connectivity index (χ0n) is 20.2. The lowest BCUT2D eigenvalue weighted by Gasteiger charge is -2.14. The summed E-state index contributed by atoms with van der Waals surface area (Å²) in [6, 6.07) is 13.6. The number of thioether (sulfide) groups is 1. The van der Waals surface area contributed by atoms with Crippen molar-refractivity contribution >= 4 is 45.4 Å². The van der Waals surface area contributed by atoms with Crippen molar-refractivity contribution in [3.63, 3.8) is 0 Å². The van der Waals surface area contributed by atoms with Gasteiger partial charge in [-0.1, -0.05) is 42.1 Å². The van der Waals surface area contributed by atoms with Gasteiger partial charge in [-0.25, -0.2) is 22.8 Å². The van der Waals surface area contributed by atoms with Crippen LogP contribution in [0.2, 0.25) is 0 Å². The quantitative estimate of drug-likeness (QED) is 0.138. The summed E-state index contributed by atoms with van der Waals surface area (Å²) in [4.78, 5) is 33.0. The highest BCUT2D eigenvalue weighted by Gasteiger charge is 2.14. The van der Waals surface area contributed by atoms with E-state index in [1.54, 1.807) is 36.7 Å². The van der Waals surface area contributed by atoms with Crippen LogP contribution in [0, 0.1) is 17.5 Å². The number of carbonyl (C=O) groups is 2. The van der Waals surface area contributed by atoms with Crippen LogP contribution < -0.4 is 10.6 Å². The van der Waals surface area contributed by atoms with Crippen molar-refractivity contribution in [2.75, 3.05) is 18.7 Å². The zero-order chi connectivity index (χ0) is 27.2. The topological polar surface area (TPSA) is 92.7 Å². The second-order valence-corrected chi connectivity index (χ2v) is 8.73. The predicted octanol–water partition coefficient (Wildman–Crippen LogP) is 6.15. The van der Waals surface area contributed by atoms with Gasteiger partial charge in [0, 0.05) is 17.0 Å². The summed E-state index contributed by atoms with van der Waals surface area (Å²) >= 11 is 1.11. The van der Waals surface area contributed by atoms with Gasteiger partial charge in [0.05, 0.1) is 31.1 Å². The molecule has 0 fully saturated rings. The standard InChI is InChI=1S/C27H21F3N4O3S/c1-37-25(35)17-8-6-16(7-9-17)19-5-3-4-18-13-31-14-22(23(18)19)33-26(36)34-27(38-2)32-12-15-10-20(28)24(30)21(29)11-15/h3-11,13-14H,12H2,1-2H3,(H2,32,33,34,36). The van der Waals surface area contributed by atoms with E-state index in [1.165, 1.54) is 13.3 Å². The SMILES string of the molecule is COC(=O)c1ccc(-c2cccc3cncc(NC(=O)NC(=NCc4cc(F)c(F)c(F)c4)SC)c23)cc1. The molecule has 0 unspecified atom stereocenters. The first-order valence-electron chi connectivity index (χ1n) is 11.2. The lowest BCUT2D eigenvalue weighted by Crippen LogP contribution is -2.32. The second kappa shape index (κ2) is 11.8. The molecule has 3 aromatic carbocycles. The summed E-state index contributed by atoms with van der Waals surface area (Å²) in [6.45, 7) is -0.174. The molecule has 0 aliphatic rings. The monoisotopic (exact) mass is 538 g/mol. The van der Waals surface area contributed by atoms with E-state index in [4.69, 9.17) is 4.74 Å². The number of anilines is 1. The Kier molecular flexibility index (Phi) is 8.27. The predicted molar refractivity (Wildman–Crippen MR) is 142 cm³/mol. The molecule has 0 radical (unpaired) electrons. The van der Waals surface area contributed by atoms with Crippen molar-refractivity contribution in [2.24, 2.45) is 4.99 Å². The maximum Gasteiger partial charge on any atom is 0.337 e. The molecule has 0 saturated heterocycles. The molecule has 1 aromatic heterocycles. The number of fused-ring (bicyclic) bond motifs is 1. The number of nitrogens with zero attached hydrogens (tertiary/aromatic N) is 2. The summed E-state index contributed by atoms with van der Waals surface area (Å²) in [5.74, 6) is -4.63. The number of nitrogens with one attached hydrogen (secondary N) is 2. The number of pyridine rings is 1. The molecule has 11 heteroatoms. The highest BCUT2D eigenvalue weighted by molar-refractivity contribution is 8.13. The van der Waals surface area contributed by atoms with Crippen molar-refractivity contribution in [1.29, 1.82) is 0 Å². The Morgan fingerprint density at radius 1 is 1.03 bits per heavy atom. The van der Waals surface area contributed by atoms with Crippen LogP contribution in [0.3, 0.4) is 0 Å². The first kappa shape index (κ1) is 26.7. The van der Waals surface area contributed by atoms with Crippen LogP contribution in [0.4, 0.5) is 23.7 Å². The minimum atomic E-state index is -1.55. The molecule has 0 spiro atoms. The van der Waals surface area contributed by atoms with E-state index in [9.17, 15) is 22.8 Å². The number of hydrogen-bond donors (Lipinski definition) is 2. The van der Waals surface area contributed by atoms with Crippen LogP contribution in [0.5, 0.6) is 0 Å². The molecule has 194 valence electrons. The molecule has 2 N–H and O–H groups in total. The van der Waals surface area contributed by atoms with Gasteiger partial charge in [0.1, 0.15) is 0 Å². The van der Waals surface area contributed by atoms with Gasteiger partial charge in [0.15, 0.2) is 22.6 Å². The maximum atomic E-state index is 13.5. The Morgan fingerprint density at radius 2 is 1.74 bits per heavy atom. The molecule has 0 atom stereocenters. The maximum absolute atomic E-state index is 13.5. The van der Waals surface area contributed by atoms with E-state index in [1.807, 2.05) is 18.2 Å². The Balaban J connectivity index is 1.57. The molecule has 0 saturated carbocycles. The van der Waals surface area contributed by atoms with Gasteiger partial charge in [-0.15, -0.1) is 0 Å². The summed E-state index contributed by atoms with van der Waals surface area (Å²) in [5.41, 5.74) is 2.55. The number of carbonyl (C=O) groups excluding carboxylic acids is 2. The minimum Gasteiger partial charge on any atom is -0.465 e. The molecule has 4 rings (SSSR count). The van der Waals surface area contributed by atoms with Crippen molar-refractivity contribution in [1.82, 2.24) is 10.3 Å². The molecule has 7 nitrogen and oxygen atoms in total. The number of esters is 1. The van der Waals surface area contributed by atoms with E-state index >= 15 is 0 Å². The Hall–Kier alpha value is -4.38. The molecule has 0 aliphatic carbocycles. The molecule has 0 aliphatic heterocycles. The van der Waals surface area contributed by atoms with Crippen LogP contribution in [0.15, 0.2) is 72.0 Å². The first-order chi connectivity index (χ1) is 18.3. The van der Waals surface area contributed by atoms with Crippen LogP contribution >= 0.6 is 11.8 Å². The molecule has 38 heavy (non-hydrogen) atoms. The van der Waals surface area contributed by atoms with Gasteiger partial charge >= 0.3 is 12.0 Å². The number of methoxy groups -OCH3 is 1. The minimum absolute atomic E-state index is 0.108. The molecule has 1 heterocycles. The molecule has 2 amide bonds. The summed E-state index contributed by atoms with van der Waals surface area (Å²) < 4.78 is 44.9. The number of amidine groups is 1. The lowest BCUT2D eigenvalue weighted by atomic mass is 9.97. The molecule has 4 aromatic rings. The Labute approximate surface area is 220 Å². The first-order valence-corrected chi connectivity index (χ1v) is 12.4. The smallest absolute Gasteiger partial charge is 0.337 e. The number of aliphatic imine (C=N–C) groups is 1. The largest absolute Gasteiger partial charge is 0.465 e. The normalized spacial score (nSPS) is 11.3. The average Bonchev–Trinajstić information content (AvgIpc) is 2.93. The number of halogens is 3. The summed E-state index contributed by atoms with van der Waals surface area (Å²) in [7, 11) is 1.31. The fourth-order valence-electron chi connectivity index (χ4n) is 3.74. The number of hydrogen-bond acceptors (Lipinski definition) is 6. The number of amides is 2. The van der Waals surface area contributed by atoms with E-state index in [0.717, 1.165) is 45.8 Å². The molecular formula is C27H21F3N4O3S. The second-order valence-electron chi connectivity index (χ2n) is 7.94. The summed E-state index contributed by atoms with van der Waals surface area (Å²) in [6.07, 6.45) is 4.84. The zero-order valence-corrected chi connectivity index (χ0v) is 21.0. The van der Waals surface area contributed by atoms with Gasteiger partial charge < -0.3 is 10.1 Å². The number of rotatable bonds is 5. The van der Waals surface area contributed by atoms with Crippen molar-refractivity contribution in [3.05, 3.63) is 95.6 Å². The fourth-order valence-corrected chi connectivity index (χ4v) is 4.13. The van der Waals surface area contributed by atoms with Crippen LogP contribution in [0.25, 0.3) is 21.9 Å². The third-order valence-corrected chi connectivity index (χ3v) is 6.13. The van der Waals surface area contributed by atoms with Crippen LogP contribution in [-0.4, -0.2) is 35.5 Å². The number of urea groups is 1. The van der Waals surface area contributed by atoms with E-state index in [0.29, 0.717) is 11.3 Å². The van der Waals surface area contributed by atoms with E-state index in [-0.39, 0.29) is 17.3 Å². The van der Waals surface area contributed by atoms with Gasteiger partial charge in [-0.3, -0.25) is 15.3 Å². The molecule has 0 bridgehead atoms. The lowest BCUT2D eigenvalue weighted by molar-refractivity contribution is 0.0600. The van der Waals surface area contributed by atoms with E-state index < -0.39 is 29.5 Å². The Bertz CT molecular complexity index is 1520. The average molecular weight is 539 g/mol. The third-order valence-electron chi connectivity index (χ3n) is 5.51. The van der Waals surface area contributed by atoms with Crippen molar-refractivity contribution < 1.29 is 27.5 Å². The third kappa shape index (κ3) is 5.94. The fraction of sp³-hybridized carbons (Fsp3) is 0.111. The van der Waals surface area contributed by atoms with Gasteiger partial charge in [-0.2, -0.15) is 0 Å². The van der Waals surface area contributed by atoms with Crippen molar-refractivity contribution in [2.45, 2.75) is 6.54 Å². The molecular weight excluding hydrogens is 517 g/mol.